The number of rotatable bonds is 5. The lowest BCUT2D eigenvalue weighted by molar-refractivity contribution is -0.135. The summed E-state index contributed by atoms with van der Waals surface area (Å²) < 4.78 is 0. The highest BCUT2D eigenvalue weighted by Gasteiger charge is 2.28. The third-order valence-corrected chi connectivity index (χ3v) is 5.32. The van der Waals surface area contributed by atoms with Gasteiger partial charge in [-0.3, -0.25) is 9.59 Å². The quantitative estimate of drug-likeness (QED) is 0.874. The van der Waals surface area contributed by atoms with E-state index in [1.807, 2.05) is 59.5 Å². The number of piperidine rings is 1. The maximum Gasteiger partial charge on any atom is 0.223 e. The van der Waals surface area contributed by atoms with Gasteiger partial charge in [0.2, 0.25) is 11.8 Å². The van der Waals surface area contributed by atoms with Crippen molar-refractivity contribution < 1.29 is 9.59 Å². The third kappa shape index (κ3) is 4.44. The van der Waals surface area contributed by atoms with Gasteiger partial charge >= 0.3 is 0 Å². The molecule has 1 aliphatic rings. The van der Waals surface area contributed by atoms with Crippen LogP contribution in [0.4, 0.5) is 0 Å². The first kappa shape index (κ1) is 18.5. The van der Waals surface area contributed by atoms with Crippen LogP contribution in [0.15, 0.2) is 54.6 Å². The summed E-state index contributed by atoms with van der Waals surface area (Å²) in [5.41, 5.74) is 7.51. The van der Waals surface area contributed by atoms with E-state index in [4.69, 9.17) is 17.3 Å². The Hall–Kier alpha value is -2.33. The minimum atomic E-state index is -0.266. The summed E-state index contributed by atoms with van der Waals surface area (Å²) in [5.74, 6) is -0.326. The second-order valence-electron chi connectivity index (χ2n) is 6.78. The molecule has 1 heterocycles. The van der Waals surface area contributed by atoms with Crippen molar-refractivity contribution in [2.75, 3.05) is 13.1 Å². The van der Waals surface area contributed by atoms with Crippen molar-refractivity contribution in [3.05, 3.63) is 70.7 Å². The monoisotopic (exact) mass is 370 g/mol. The molecule has 0 radical (unpaired) electrons. The maximum absolute atomic E-state index is 12.9. The minimum absolute atomic E-state index is 0.0451. The number of hydrogen-bond acceptors (Lipinski definition) is 2. The number of halogens is 1. The van der Waals surface area contributed by atoms with Crippen molar-refractivity contribution in [1.29, 1.82) is 0 Å². The molecule has 0 aliphatic carbocycles. The van der Waals surface area contributed by atoms with Crippen LogP contribution in [0.25, 0.3) is 0 Å². The van der Waals surface area contributed by atoms with E-state index in [1.165, 1.54) is 0 Å². The Morgan fingerprint density at radius 2 is 1.69 bits per heavy atom. The summed E-state index contributed by atoms with van der Waals surface area (Å²) in [6.07, 6.45) is 1.67. The van der Waals surface area contributed by atoms with Gasteiger partial charge in [0, 0.05) is 36.4 Å². The van der Waals surface area contributed by atoms with Crippen LogP contribution in [-0.2, 0) is 9.59 Å². The van der Waals surface area contributed by atoms with Crippen LogP contribution in [0.5, 0.6) is 0 Å². The number of hydrogen-bond donors (Lipinski definition) is 1. The maximum atomic E-state index is 12.9. The van der Waals surface area contributed by atoms with Crippen LogP contribution in [-0.4, -0.2) is 29.8 Å². The van der Waals surface area contributed by atoms with Crippen molar-refractivity contribution in [1.82, 2.24) is 4.90 Å². The molecule has 4 nitrogen and oxygen atoms in total. The number of nitrogens with zero attached hydrogens (tertiary/aromatic N) is 1. The third-order valence-electron chi connectivity index (χ3n) is 5.08. The molecule has 1 aliphatic heterocycles. The van der Waals surface area contributed by atoms with Crippen molar-refractivity contribution in [2.24, 2.45) is 11.7 Å². The Kier molecular flexibility index (Phi) is 5.94. The van der Waals surface area contributed by atoms with Crippen molar-refractivity contribution in [2.45, 2.75) is 25.2 Å². The number of likely N-dealkylation sites (tertiary alicyclic amines) is 1. The molecule has 3 rings (SSSR count). The van der Waals surface area contributed by atoms with E-state index in [9.17, 15) is 9.59 Å². The van der Waals surface area contributed by atoms with Crippen molar-refractivity contribution in [3.63, 3.8) is 0 Å². The molecule has 1 atom stereocenters. The molecule has 5 heteroatoms. The molecule has 136 valence electrons. The lowest BCUT2D eigenvalue weighted by Crippen LogP contribution is -2.42. The molecule has 1 saturated heterocycles. The van der Waals surface area contributed by atoms with Crippen LogP contribution >= 0.6 is 11.6 Å². The largest absolute Gasteiger partial charge is 0.369 e. The van der Waals surface area contributed by atoms with Crippen LogP contribution in [0.2, 0.25) is 5.02 Å². The molecule has 2 N–H and O–H groups in total. The Labute approximate surface area is 158 Å². The zero-order chi connectivity index (χ0) is 18.5. The van der Waals surface area contributed by atoms with Gasteiger partial charge in [0.15, 0.2) is 0 Å². The summed E-state index contributed by atoms with van der Waals surface area (Å²) in [7, 11) is 0. The molecule has 0 spiro atoms. The molecular weight excluding hydrogens is 348 g/mol. The highest BCUT2D eigenvalue weighted by Crippen LogP contribution is 2.31. The van der Waals surface area contributed by atoms with Gasteiger partial charge in [0.25, 0.3) is 0 Å². The Balaban J connectivity index is 1.76. The molecule has 2 amide bonds. The van der Waals surface area contributed by atoms with Crippen LogP contribution in [0, 0.1) is 5.92 Å². The first-order valence-corrected chi connectivity index (χ1v) is 9.30. The second-order valence-corrected chi connectivity index (χ2v) is 7.22. The molecule has 26 heavy (non-hydrogen) atoms. The van der Waals surface area contributed by atoms with E-state index in [2.05, 4.69) is 0 Å². The number of amides is 2. The van der Waals surface area contributed by atoms with Crippen LogP contribution < -0.4 is 5.73 Å². The predicted octanol–water partition coefficient (Wildman–Crippen LogP) is 3.59. The highest BCUT2D eigenvalue weighted by atomic mass is 35.5. The van der Waals surface area contributed by atoms with E-state index in [0.717, 1.165) is 11.1 Å². The number of carbonyl (C=O) groups excluding carboxylic acids is 2. The fraction of sp³-hybridized carbons (Fsp3) is 0.333. The highest BCUT2D eigenvalue weighted by molar-refractivity contribution is 6.30. The summed E-state index contributed by atoms with van der Waals surface area (Å²) in [5, 5.41) is 0.665. The molecule has 0 bridgehead atoms. The second kappa shape index (κ2) is 8.37. The van der Waals surface area contributed by atoms with Gasteiger partial charge in [0.1, 0.15) is 0 Å². The molecule has 0 aromatic heterocycles. The number of primary amides is 1. The topological polar surface area (TPSA) is 63.4 Å². The first-order chi connectivity index (χ1) is 12.5. The average Bonchev–Trinajstić information content (AvgIpc) is 2.66. The first-order valence-electron chi connectivity index (χ1n) is 8.92. The van der Waals surface area contributed by atoms with Gasteiger partial charge in [-0.15, -0.1) is 0 Å². The van der Waals surface area contributed by atoms with Gasteiger partial charge in [-0.05, 0) is 36.1 Å². The molecule has 2 aromatic carbocycles. The lowest BCUT2D eigenvalue weighted by atomic mass is 9.87. The van der Waals surface area contributed by atoms with Crippen molar-refractivity contribution in [3.8, 4) is 0 Å². The van der Waals surface area contributed by atoms with E-state index in [0.29, 0.717) is 37.4 Å². The summed E-state index contributed by atoms with van der Waals surface area (Å²) in [6.45, 7) is 1.17. The van der Waals surface area contributed by atoms with E-state index >= 15 is 0 Å². The predicted molar refractivity (Wildman–Crippen MR) is 103 cm³/mol. The van der Waals surface area contributed by atoms with Gasteiger partial charge in [0.05, 0.1) is 0 Å². The van der Waals surface area contributed by atoms with Gasteiger partial charge in [-0.2, -0.15) is 0 Å². The Bertz CT molecular complexity index is 771. The number of carbonyl (C=O) groups is 2. The van der Waals surface area contributed by atoms with Crippen LogP contribution in [0.1, 0.15) is 36.3 Å². The van der Waals surface area contributed by atoms with E-state index in [-0.39, 0.29) is 23.7 Å². The Morgan fingerprint density at radius 3 is 2.31 bits per heavy atom. The molecule has 2 aromatic rings. The summed E-state index contributed by atoms with van der Waals surface area (Å²) in [6, 6.07) is 17.7. The molecule has 0 saturated carbocycles. The van der Waals surface area contributed by atoms with Gasteiger partial charge in [-0.1, -0.05) is 54.1 Å². The number of nitrogens with two attached hydrogens (primary N) is 1. The minimum Gasteiger partial charge on any atom is -0.369 e. The Morgan fingerprint density at radius 1 is 1.04 bits per heavy atom. The van der Waals surface area contributed by atoms with Crippen molar-refractivity contribution >= 4 is 23.4 Å². The zero-order valence-electron chi connectivity index (χ0n) is 14.6. The number of benzene rings is 2. The van der Waals surface area contributed by atoms with E-state index in [1.54, 1.807) is 0 Å². The SMILES string of the molecule is NC(=O)C1CCN(C(=O)C[C@@H](c2ccccc2)c2cccc(Cl)c2)CC1. The van der Waals surface area contributed by atoms with Gasteiger partial charge < -0.3 is 10.6 Å². The fourth-order valence-electron chi connectivity index (χ4n) is 3.55. The summed E-state index contributed by atoms with van der Waals surface area (Å²) >= 11 is 6.17. The summed E-state index contributed by atoms with van der Waals surface area (Å²) in [4.78, 5) is 26.1. The lowest BCUT2D eigenvalue weighted by Gasteiger charge is -2.32. The fourth-order valence-corrected chi connectivity index (χ4v) is 3.75. The average molecular weight is 371 g/mol. The van der Waals surface area contributed by atoms with E-state index < -0.39 is 0 Å². The van der Waals surface area contributed by atoms with Crippen LogP contribution in [0.3, 0.4) is 0 Å². The van der Waals surface area contributed by atoms with Gasteiger partial charge in [-0.25, -0.2) is 0 Å². The zero-order valence-corrected chi connectivity index (χ0v) is 15.4. The molecular formula is C21H23ClN2O2. The molecule has 1 fully saturated rings. The standard InChI is InChI=1S/C21H23ClN2O2/c22-18-8-4-7-17(13-18)19(15-5-2-1-3-6-15)14-20(25)24-11-9-16(10-12-24)21(23)26/h1-8,13,16,19H,9-12,14H2,(H2,23,26)/t19-/m0/s1. The molecule has 0 unspecified atom stereocenters. The smallest absolute Gasteiger partial charge is 0.223 e. The normalized spacial score (nSPS) is 16.3.